The number of nitrogens with one attached hydrogen (secondary N) is 1. The van der Waals surface area contributed by atoms with Gasteiger partial charge in [-0.2, -0.15) is 0 Å². The minimum atomic E-state index is -0.131. The van der Waals surface area contributed by atoms with Crippen LogP contribution in [-0.2, 0) is 4.79 Å². The monoisotopic (exact) mass is 247 g/mol. The van der Waals surface area contributed by atoms with E-state index in [1.807, 2.05) is 24.1 Å². The van der Waals surface area contributed by atoms with E-state index in [2.05, 4.69) is 24.1 Å². The largest absolute Gasteiger partial charge is 0.311 e. The first-order valence-corrected chi connectivity index (χ1v) is 6.45. The SMILES string of the molecule is CNC1C(=O)N(c2ccncc2)CCCC1(C)C. The number of aromatic nitrogens is 1. The lowest BCUT2D eigenvalue weighted by Gasteiger charge is -2.32. The summed E-state index contributed by atoms with van der Waals surface area (Å²) in [5.74, 6) is 0.159. The quantitative estimate of drug-likeness (QED) is 0.867. The normalized spacial score (nSPS) is 23.8. The summed E-state index contributed by atoms with van der Waals surface area (Å²) in [6, 6.07) is 3.65. The van der Waals surface area contributed by atoms with Crippen molar-refractivity contribution < 1.29 is 4.79 Å². The molecule has 2 heterocycles. The molecule has 4 heteroatoms. The summed E-state index contributed by atoms with van der Waals surface area (Å²) in [5, 5.41) is 3.18. The molecule has 1 N–H and O–H groups in total. The topological polar surface area (TPSA) is 45.2 Å². The third kappa shape index (κ3) is 2.38. The maximum atomic E-state index is 12.6. The third-order valence-corrected chi connectivity index (χ3v) is 3.76. The van der Waals surface area contributed by atoms with E-state index in [9.17, 15) is 4.79 Å². The molecule has 1 amide bonds. The second-order valence-corrected chi connectivity index (χ2v) is 5.51. The average molecular weight is 247 g/mol. The van der Waals surface area contributed by atoms with Crippen molar-refractivity contribution in [2.24, 2.45) is 5.41 Å². The van der Waals surface area contributed by atoms with E-state index in [0.717, 1.165) is 25.1 Å². The molecule has 1 unspecified atom stereocenters. The van der Waals surface area contributed by atoms with E-state index < -0.39 is 0 Å². The Morgan fingerprint density at radius 2 is 2.06 bits per heavy atom. The van der Waals surface area contributed by atoms with E-state index >= 15 is 0 Å². The van der Waals surface area contributed by atoms with E-state index in [-0.39, 0.29) is 17.4 Å². The average Bonchev–Trinajstić information content (AvgIpc) is 2.46. The molecule has 0 aromatic carbocycles. The van der Waals surface area contributed by atoms with Crippen LogP contribution >= 0.6 is 0 Å². The highest BCUT2D eigenvalue weighted by atomic mass is 16.2. The fourth-order valence-corrected chi connectivity index (χ4v) is 2.73. The molecule has 98 valence electrons. The minimum absolute atomic E-state index is 0.00634. The van der Waals surface area contributed by atoms with Gasteiger partial charge in [-0.25, -0.2) is 0 Å². The summed E-state index contributed by atoms with van der Waals surface area (Å²) in [6.07, 6.45) is 5.53. The molecular weight excluding hydrogens is 226 g/mol. The van der Waals surface area contributed by atoms with Crippen LogP contribution in [0.15, 0.2) is 24.5 Å². The Bertz CT molecular complexity index is 416. The number of likely N-dealkylation sites (N-methyl/N-ethyl adjacent to an activating group) is 1. The van der Waals surface area contributed by atoms with E-state index in [1.54, 1.807) is 12.4 Å². The zero-order valence-electron chi connectivity index (χ0n) is 11.3. The molecule has 1 aliphatic rings. The Balaban J connectivity index is 2.31. The maximum absolute atomic E-state index is 12.6. The molecule has 1 aromatic rings. The number of hydrogen-bond donors (Lipinski definition) is 1. The predicted molar refractivity (Wildman–Crippen MR) is 72.5 cm³/mol. The van der Waals surface area contributed by atoms with Gasteiger partial charge in [-0.15, -0.1) is 0 Å². The Morgan fingerprint density at radius 1 is 1.39 bits per heavy atom. The number of nitrogens with zero attached hydrogens (tertiary/aromatic N) is 2. The van der Waals surface area contributed by atoms with Crippen LogP contribution in [0.3, 0.4) is 0 Å². The summed E-state index contributed by atoms with van der Waals surface area (Å²) >= 11 is 0. The Kier molecular flexibility index (Phi) is 3.66. The second-order valence-electron chi connectivity index (χ2n) is 5.51. The first-order chi connectivity index (χ1) is 8.56. The molecule has 2 rings (SSSR count). The van der Waals surface area contributed by atoms with Crippen LogP contribution in [0.25, 0.3) is 0 Å². The number of rotatable bonds is 2. The highest BCUT2D eigenvalue weighted by Crippen LogP contribution is 2.32. The molecule has 18 heavy (non-hydrogen) atoms. The van der Waals surface area contributed by atoms with Crippen molar-refractivity contribution in [2.45, 2.75) is 32.7 Å². The lowest BCUT2D eigenvalue weighted by molar-refractivity contribution is -0.122. The summed E-state index contributed by atoms with van der Waals surface area (Å²) in [6.45, 7) is 5.09. The summed E-state index contributed by atoms with van der Waals surface area (Å²) in [5.41, 5.74) is 0.932. The number of anilines is 1. The highest BCUT2D eigenvalue weighted by Gasteiger charge is 2.39. The molecular formula is C14H21N3O. The lowest BCUT2D eigenvalue weighted by Crippen LogP contribution is -2.51. The fourth-order valence-electron chi connectivity index (χ4n) is 2.73. The predicted octanol–water partition coefficient (Wildman–Crippen LogP) is 1.82. The van der Waals surface area contributed by atoms with Gasteiger partial charge in [0.15, 0.2) is 0 Å². The van der Waals surface area contributed by atoms with Crippen molar-refractivity contribution in [2.75, 3.05) is 18.5 Å². The Morgan fingerprint density at radius 3 is 2.67 bits per heavy atom. The summed E-state index contributed by atoms with van der Waals surface area (Å²) < 4.78 is 0. The van der Waals surface area contributed by atoms with Crippen molar-refractivity contribution >= 4 is 11.6 Å². The number of amides is 1. The van der Waals surface area contributed by atoms with Crippen molar-refractivity contribution in [1.82, 2.24) is 10.3 Å². The van der Waals surface area contributed by atoms with Gasteiger partial charge in [0.25, 0.3) is 0 Å². The first-order valence-electron chi connectivity index (χ1n) is 6.45. The minimum Gasteiger partial charge on any atom is -0.311 e. The van der Waals surface area contributed by atoms with Crippen LogP contribution in [0.2, 0.25) is 0 Å². The van der Waals surface area contributed by atoms with Gasteiger partial charge in [-0.3, -0.25) is 9.78 Å². The molecule has 0 saturated carbocycles. The zero-order chi connectivity index (χ0) is 13.2. The Labute approximate surface area is 108 Å². The van der Waals surface area contributed by atoms with Gasteiger partial charge >= 0.3 is 0 Å². The first kappa shape index (κ1) is 13.0. The summed E-state index contributed by atoms with van der Waals surface area (Å²) in [4.78, 5) is 18.5. The fraction of sp³-hybridized carbons (Fsp3) is 0.571. The highest BCUT2D eigenvalue weighted by molar-refractivity contribution is 5.97. The number of carbonyl (C=O) groups is 1. The van der Waals surface area contributed by atoms with Crippen LogP contribution in [0.1, 0.15) is 26.7 Å². The van der Waals surface area contributed by atoms with Crippen LogP contribution in [0.5, 0.6) is 0 Å². The van der Waals surface area contributed by atoms with Crippen LogP contribution in [-0.4, -0.2) is 30.5 Å². The lowest BCUT2D eigenvalue weighted by atomic mass is 9.80. The number of hydrogen-bond acceptors (Lipinski definition) is 3. The summed E-state index contributed by atoms with van der Waals surface area (Å²) in [7, 11) is 1.86. The number of carbonyl (C=O) groups excluding carboxylic acids is 1. The molecule has 0 aliphatic carbocycles. The molecule has 1 aliphatic heterocycles. The van der Waals surface area contributed by atoms with E-state index in [0.29, 0.717) is 0 Å². The van der Waals surface area contributed by atoms with E-state index in [1.165, 1.54) is 0 Å². The van der Waals surface area contributed by atoms with Gasteiger partial charge in [-0.1, -0.05) is 13.8 Å². The maximum Gasteiger partial charge on any atom is 0.244 e. The molecule has 0 radical (unpaired) electrons. The van der Waals surface area contributed by atoms with Crippen molar-refractivity contribution in [3.8, 4) is 0 Å². The standard InChI is InChI=1S/C14H21N3O/c1-14(2)7-4-10-17(13(18)12(14)15-3)11-5-8-16-9-6-11/h5-6,8-9,12,15H,4,7,10H2,1-3H3. The van der Waals surface area contributed by atoms with Crippen LogP contribution in [0, 0.1) is 5.41 Å². The van der Waals surface area contributed by atoms with Crippen LogP contribution in [0.4, 0.5) is 5.69 Å². The van der Waals surface area contributed by atoms with Gasteiger partial charge in [0, 0.05) is 24.6 Å². The Hall–Kier alpha value is -1.42. The second kappa shape index (κ2) is 5.06. The molecule has 0 bridgehead atoms. The molecule has 0 spiro atoms. The number of pyridine rings is 1. The molecule has 1 fully saturated rings. The van der Waals surface area contributed by atoms with Crippen molar-refractivity contribution in [1.29, 1.82) is 0 Å². The van der Waals surface area contributed by atoms with Gasteiger partial charge in [0.1, 0.15) is 0 Å². The van der Waals surface area contributed by atoms with Gasteiger partial charge in [0.2, 0.25) is 5.91 Å². The third-order valence-electron chi connectivity index (χ3n) is 3.76. The van der Waals surface area contributed by atoms with Crippen LogP contribution < -0.4 is 10.2 Å². The molecule has 1 atom stereocenters. The smallest absolute Gasteiger partial charge is 0.244 e. The van der Waals surface area contributed by atoms with E-state index in [4.69, 9.17) is 0 Å². The zero-order valence-corrected chi connectivity index (χ0v) is 11.3. The van der Waals surface area contributed by atoms with Gasteiger partial charge in [-0.05, 0) is 37.4 Å². The molecule has 1 saturated heterocycles. The van der Waals surface area contributed by atoms with Crippen molar-refractivity contribution in [3.05, 3.63) is 24.5 Å². The van der Waals surface area contributed by atoms with Gasteiger partial charge < -0.3 is 10.2 Å². The molecule has 1 aromatic heterocycles. The van der Waals surface area contributed by atoms with Crippen molar-refractivity contribution in [3.63, 3.8) is 0 Å². The molecule has 4 nitrogen and oxygen atoms in total. The van der Waals surface area contributed by atoms with Gasteiger partial charge in [0.05, 0.1) is 6.04 Å².